The van der Waals surface area contributed by atoms with Crippen LogP contribution >= 0.6 is 0 Å². The minimum atomic E-state index is -3.95. The second-order valence-electron chi connectivity index (χ2n) is 11.9. The number of rotatable bonds is 13. The number of carbonyl (C=O) groups is 2. The summed E-state index contributed by atoms with van der Waals surface area (Å²) in [6.07, 6.45) is 3.30. The molecule has 3 N–H and O–H groups in total. The van der Waals surface area contributed by atoms with Crippen LogP contribution in [0, 0.1) is 0 Å². The number of sulfonamides is 1. The maximum Gasteiger partial charge on any atom is 0.407 e. The van der Waals surface area contributed by atoms with Gasteiger partial charge in [0, 0.05) is 6.54 Å². The minimum Gasteiger partial charge on any atom is -0.490 e. The van der Waals surface area contributed by atoms with E-state index in [-0.39, 0.29) is 30.5 Å². The van der Waals surface area contributed by atoms with E-state index in [1.807, 2.05) is 30.3 Å². The highest BCUT2D eigenvalue weighted by Gasteiger charge is 2.24. The summed E-state index contributed by atoms with van der Waals surface area (Å²) >= 11 is 0. The number of nitrogens with zero attached hydrogens (tertiary/aromatic N) is 1. The minimum absolute atomic E-state index is 0.0331. The van der Waals surface area contributed by atoms with Crippen molar-refractivity contribution in [2.24, 2.45) is 0 Å². The fourth-order valence-electron chi connectivity index (χ4n) is 5.76. The van der Waals surface area contributed by atoms with Crippen LogP contribution in [0.25, 0.3) is 11.1 Å². The lowest BCUT2D eigenvalue weighted by molar-refractivity contribution is 0.0967. The molecule has 5 rings (SSSR count). The SMILES string of the molecule is O=C(NS(=O)(=O)Cc1ccccc1)c1ccc(-c2ccc(CCN(C[C@H](O)c3ccccc3)C(=O)O)cc2)cc1OC1CCCCC1. The number of ether oxygens (including phenoxy) is 1. The van der Waals surface area contributed by atoms with E-state index in [1.165, 1.54) is 4.90 Å². The second kappa shape index (κ2) is 15.8. The monoisotopic (exact) mass is 656 g/mol. The van der Waals surface area contributed by atoms with Gasteiger partial charge in [-0.3, -0.25) is 4.79 Å². The van der Waals surface area contributed by atoms with Gasteiger partial charge in [0.25, 0.3) is 5.91 Å². The molecule has 4 aromatic rings. The molecule has 0 radical (unpaired) electrons. The Kier molecular flexibility index (Phi) is 11.3. The number of aliphatic hydroxyl groups is 1. The fraction of sp³-hybridized carbons (Fsp3) is 0.297. The van der Waals surface area contributed by atoms with Crippen molar-refractivity contribution >= 4 is 22.0 Å². The number of aliphatic hydroxyl groups excluding tert-OH is 1. The first-order valence-electron chi connectivity index (χ1n) is 15.9. The van der Waals surface area contributed by atoms with Gasteiger partial charge >= 0.3 is 6.09 Å². The summed E-state index contributed by atoms with van der Waals surface area (Å²) in [6, 6.07) is 30.5. The van der Waals surface area contributed by atoms with Crippen molar-refractivity contribution < 1.29 is 33.0 Å². The van der Waals surface area contributed by atoms with Crippen LogP contribution in [0.1, 0.15) is 65.3 Å². The fourth-order valence-corrected chi connectivity index (χ4v) is 6.85. The molecule has 0 unspecified atom stereocenters. The summed E-state index contributed by atoms with van der Waals surface area (Å²) in [4.78, 5) is 26.4. The topological polar surface area (TPSA) is 133 Å². The molecular formula is C37H40N2O7S. The average Bonchev–Trinajstić information content (AvgIpc) is 3.07. The van der Waals surface area contributed by atoms with E-state index in [4.69, 9.17) is 4.74 Å². The number of hydrogen-bond donors (Lipinski definition) is 3. The average molecular weight is 657 g/mol. The summed E-state index contributed by atoms with van der Waals surface area (Å²) in [5.41, 5.74) is 3.97. The van der Waals surface area contributed by atoms with E-state index in [0.29, 0.717) is 23.3 Å². The molecule has 0 aliphatic heterocycles. The van der Waals surface area contributed by atoms with Crippen LogP contribution in [-0.4, -0.2) is 54.7 Å². The van der Waals surface area contributed by atoms with Crippen LogP contribution < -0.4 is 9.46 Å². The van der Waals surface area contributed by atoms with Crippen LogP contribution in [0.4, 0.5) is 4.79 Å². The molecule has 246 valence electrons. The van der Waals surface area contributed by atoms with Crippen LogP contribution in [0.15, 0.2) is 103 Å². The zero-order valence-corrected chi connectivity index (χ0v) is 26.9. The second-order valence-corrected chi connectivity index (χ2v) is 13.6. The summed E-state index contributed by atoms with van der Waals surface area (Å²) in [6.45, 7) is 0.184. The summed E-state index contributed by atoms with van der Waals surface area (Å²) < 4.78 is 34.2. The zero-order valence-electron chi connectivity index (χ0n) is 26.1. The third kappa shape index (κ3) is 9.67. The van der Waals surface area contributed by atoms with Gasteiger partial charge in [0.1, 0.15) is 5.75 Å². The lowest BCUT2D eigenvalue weighted by atomic mass is 9.97. The molecule has 1 fully saturated rings. The molecule has 1 aliphatic rings. The van der Waals surface area contributed by atoms with Gasteiger partial charge in [-0.15, -0.1) is 0 Å². The highest BCUT2D eigenvalue weighted by atomic mass is 32.2. The molecule has 4 aromatic carbocycles. The smallest absolute Gasteiger partial charge is 0.407 e. The Morgan fingerprint density at radius 1 is 0.830 bits per heavy atom. The van der Waals surface area contributed by atoms with E-state index < -0.39 is 28.1 Å². The number of hydrogen-bond acceptors (Lipinski definition) is 6. The van der Waals surface area contributed by atoms with Gasteiger partial charge in [-0.1, -0.05) is 97.4 Å². The number of benzene rings is 4. The van der Waals surface area contributed by atoms with Crippen molar-refractivity contribution in [1.82, 2.24) is 9.62 Å². The largest absolute Gasteiger partial charge is 0.490 e. The molecule has 0 spiro atoms. The van der Waals surface area contributed by atoms with E-state index in [2.05, 4.69) is 4.72 Å². The lowest BCUT2D eigenvalue weighted by Gasteiger charge is -2.24. The van der Waals surface area contributed by atoms with E-state index in [0.717, 1.165) is 48.8 Å². The molecule has 0 bridgehead atoms. The Hall–Kier alpha value is -4.67. The Bertz CT molecular complexity index is 1740. The van der Waals surface area contributed by atoms with Crippen LogP contribution in [-0.2, 0) is 22.2 Å². The normalized spacial score (nSPS) is 14.2. The molecule has 1 aliphatic carbocycles. The maximum absolute atomic E-state index is 13.3. The third-order valence-electron chi connectivity index (χ3n) is 8.33. The zero-order chi connectivity index (χ0) is 33.2. The molecule has 1 saturated carbocycles. The van der Waals surface area contributed by atoms with Gasteiger partial charge in [0.05, 0.1) is 30.1 Å². The van der Waals surface area contributed by atoms with Gasteiger partial charge in [-0.05, 0) is 72.1 Å². The molecule has 47 heavy (non-hydrogen) atoms. The van der Waals surface area contributed by atoms with Crippen molar-refractivity contribution in [3.05, 3.63) is 125 Å². The van der Waals surface area contributed by atoms with Crippen molar-refractivity contribution in [2.45, 2.75) is 56.5 Å². The number of nitrogens with one attached hydrogen (secondary N) is 1. The van der Waals surface area contributed by atoms with Crippen molar-refractivity contribution in [2.75, 3.05) is 13.1 Å². The van der Waals surface area contributed by atoms with Crippen LogP contribution in [0.2, 0.25) is 0 Å². The first kappa shape index (κ1) is 33.7. The molecule has 0 heterocycles. The Balaban J connectivity index is 1.29. The standard InChI is InChI=1S/C37H40N2O7S/c40-34(30-12-6-2-7-13-30)25-39(37(42)43)23-22-27-16-18-29(19-17-27)31-20-21-33(35(24-31)46-32-14-8-3-9-15-32)36(41)38-47(44,45)26-28-10-4-1-5-11-28/h1-2,4-7,10-13,16-21,24,32,34,40H,3,8-9,14-15,22-23,25-26H2,(H,38,41)(H,42,43)/t34-/m0/s1. The van der Waals surface area contributed by atoms with E-state index in [9.17, 15) is 28.2 Å². The number of carbonyl (C=O) groups excluding carboxylic acids is 1. The Morgan fingerprint density at radius 2 is 1.47 bits per heavy atom. The maximum atomic E-state index is 13.3. The summed E-state index contributed by atoms with van der Waals surface area (Å²) in [5, 5.41) is 20.2. The molecule has 0 saturated heterocycles. The van der Waals surface area contributed by atoms with Crippen molar-refractivity contribution in [3.8, 4) is 16.9 Å². The van der Waals surface area contributed by atoms with Crippen molar-refractivity contribution in [3.63, 3.8) is 0 Å². The van der Waals surface area contributed by atoms with Crippen LogP contribution in [0.3, 0.4) is 0 Å². The van der Waals surface area contributed by atoms with Crippen LogP contribution in [0.5, 0.6) is 5.75 Å². The Labute approximate surface area is 275 Å². The lowest BCUT2D eigenvalue weighted by Crippen LogP contribution is -2.35. The van der Waals surface area contributed by atoms with E-state index >= 15 is 0 Å². The van der Waals surface area contributed by atoms with E-state index in [1.54, 1.807) is 72.8 Å². The molecule has 1 atom stereocenters. The summed E-state index contributed by atoms with van der Waals surface area (Å²) in [7, 11) is -3.95. The number of amides is 2. The molecule has 10 heteroatoms. The van der Waals surface area contributed by atoms with Gasteiger partial charge < -0.3 is 19.8 Å². The van der Waals surface area contributed by atoms with Gasteiger partial charge in [-0.2, -0.15) is 0 Å². The van der Waals surface area contributed by atoms with Crippen molar-refractivity contribution in [1.29, 1.82) is 0 Å². The molecular weight excluding hydrogens is 616 g/mol. The van der Waals surface area contributed by atoms with Gasteiger partial charge in [-0.25, -0.2) is 17.9 Å². The first-order valence-corrected chi connectivity index (χ1v) is 17.5. The number of carboxylic acid groups (broad SMARTS) is 1. The first-order chi connectivity index (χ1) is 22.7. The van der Waals surface area contributed by atoms with Gasteiger partial charge in [0.15, 0.2) is 0 Å². The quantitative estimate of drug-likeness (QED) is 0.148. The molecule has 0 aromatic heterocycles. The predicted octanol–water partition coefficient (Wildman–Crippen LogP) is 6.58. The van der Waals surface area contributed by atoms with Gasteiger partial charge in [0.2, 0.25) is 10.0 Å². The highest BCUT2D eigenvalue weighted by molar-refractivity contribution is 7.89. The molecule has 9 nitrogen and oxygen atoms in total. The third-order valence-corrected chi connectivity index (χ3v) is 9.54. The summed E-state index contributed by atoms with van der Waals surface area (Å²) in [5.74, 6) is -0.727. The Morgan fingerprint density at radius 3 is 2.13 bits per heavy atom. The molecule has 2 amide bonds. The highest BCUT2D eigenvalue weighted by Crippen LogP contribution is 2.31. The predicted molar refractivity (Wildman–Crippen MR) is 181 cm³/mol.